The van der Waals surface area contributed by atoms with Crippen molar-refractivity contribution >= 4 is 44.0 Å². The van der Waals surface area contributed by atoms with Gasteiger partial charge in [-0.2, -0.15) is 4.31 Å². The summed E-state index contributed by atoms with van der Waals surface area (Å²) in [5.74, 6) is -0.258. The van der Waals surface area contributed by atoms with Gasteiger partial charge in [-0.15, -0.1) is 0 Å². The summed E-state index contributed by atoms with van der Waals surface area (Å²) in [6.45, 7) is 1.79. The Morgan fingerprint density at radius 3 is 2.50 bits per heavy atom. The molecule has 4 rings (SSSR count). The average molecular weight is 472 g/mol. The van der Waals surface area contributed by atoms with Crippen LogP contribution in [-0.2, 0) is 21.4 Å². The number of rotatable bonds is 7. The van der Waals surface area contributed by atoms with Crippen LogP contribution in [0.15, 0.2) is 65.6 Å². The van der Waals surface area contributed by atoms with Crippen LogP contribution in [0, 0.1) is 0 Å². The van der Waals surface area contributed by atoms with Crippen molar-refractivity contribution in [2.45, 2.75) is 24.3 Å². The highest BCUT2D eigenvalue weighted by Gasteiger charge is 2.27. The van der Waals surface area contributed by atoms with Crippen LogP contribution in [0.5, 0.6) is 0 Å². The lowest BCUT2D eigenvalue weighted by Crippen LogP contribution is -2.30. The second kappa shape index (κ2) is 9.58. The molecule has 0 atom stereocenters. The van der Waals surface area contributed by atoms with Crippen LogP contribution in [0.4, 0.5) is 5.69 Å². The van der Waals surface area contributed by atoms with E-state index >= 15 is 0 Å². The lowest BCUT2D eigenvalue weighted by molar-refractivity contribution is -0.117. The molecule has 1 saturated heterocycles. The lowest BCUT2D eigenvalue weighted by Gasteiger charge is -2.18. The molecule has 0 aliphatic carbocycles. The lowest BCUT2D eigenvalue weighted by atomic mass is 10.1. The molecule has 0 aromatic heterocycles. The van der Waals surface area contributed by atoms with E-state index in [0.29, 0.717) is 30.3 Å². The highest BCUT2D eigenvalue weighted by atomic mass is 35.5. The topological polar surface area (TPSA) is 69.7 Å². The number of fused-ring (bicyclic) bond motifs is 1. The Balaban J connectivity index is 1.41. The van der Waals surface area contributed by atoms with E-state index in [0.717, 1.165) is 23.8 Å². The third kappa shape index (κ3) is 5.13. The molecule has 0 bridgehead atoms. The van der Waals surface area contributed by atoms with Gasteiger partial charge in [-0.1, -0.05) is 48.0 Å². The van der Waals surface area contributed by atoms with Gasteiger partial charge in [0.05, 0.1) is 22.2 Å². The fourth-order valence-electron chi connectivity index (χ4n) is 3.98. The smallest absolute Gasteiger partial charge is 0.243 e. The summed E-state index contributed by atoms with van der Waals surface area (Å²) in [6, 6.07) is 18.8. The number of amides is 1. The monoisotopic (exact) mass is 471 g/mol. The van der Waals surface area contributed by atoms with Crippen molar-refractivity contribution in [2.24, 2.45) is 0 Å². The molecule has 1 amide bonds. The summed E-state index contributed by atoms with van der Waals surface area (Å²) in [5, 5.41) is 5.40. The Hall–Kier alpha value is -2.45. The first kappa shape index (κ1) is 22.7. The van der Waals surface area contributed by atoms with Gasteiger partial charge in [0.25, 0.3) is 0 Å². The van der Waals surface area contributed by atoms with Gasteiger partial charge in [0, 0.05) is 19.6 Å². The zero-order valence-electron chi connectivity index (χ0n) is 17.9. The van der Waals surface area contributed by atoms with E-state index in [9.17, 15) is 13.2 Å². The van der Waals surface area contributed by atoms with E-state index in [2.05, 4.69) is 35.6 Å². The van der Waals surface area contributed by atoms with Gasteiger partial charge < -0.3 is 5.32 Å². The van der Waals surface area contributed by atoms with Crippen LogP contribution in [0.3, 0.4) is 0 Å². The third-order valence-electron chi connectivity index (χ3n) is 5.59. The molecule has 1 fully saturated rings. The van der Waals surface area contributed by atoms with Crippen LogP contribution in [0.25, 0.3) is 10.8 Å². The van der Waals surface area contributed by atoms with Crippen molar-refractivity contribution in [1.29, 1.82) is 0 Å². The number of hydrogen-bond acceptors (Lipinski definition) is 4. The summed E-state index contributed by atoms with van der Waals surface area (Å²) in [6.07, 6.45) is 1.72. The highest BCUT2D eigenvalue weighted by Crippen LogP contribution is 2.28. The molecule has 6 nitrogen and oxygen atoms in total. The van der Waals surface area contributed by atoms with Crippen LogP contribution >= 0.6 is 11.6 Å². The van der Waals surface area contributed by atoms with Crippen LogP contribution in [0.1, 0.15) is 18.4 Å². The number of halogens is 1. The van der Waals surface area contributed by atoms with E-state index in [-0.39, 0.29) is 17.3 Å². The van der Waals surface area contributed by atoms with Gasteiger partial charge in [0.15, 0.2) is 0 Å². The number of likely N-dealkylation sites (N-methyl/N-ethyl adjacent to an activating group) is 1. The number of nitrogens with one attached hydrogen (secondary N) is 1. The van der Waals surface area contributed by atoms with E-state index < -0.39 is 10.0 Å². The Labute approximate surface area is 193 Å². The first-order valence-corrected chi connectivity index (χ1v) is 12.4. The molecule has 3 aromatic carbocycles. The van der Waals surface area contributed by atoms with E-state index in [4.69, 9.17) is 11.6 Å². The predicted molar refractivity (Wildman–Crippen MR) is 128 cm³/mol. The molecule has 1 aliphatic rings. The molecule has 3 aromatic rings. The minimum Gasteiger partial charge on any atom is -0.324 e. The quantitative estimate of drug-likeness (QED) is 0.556. The zero-order valence-corrected chi connectivity index (χ0v) is 19.5. The number of carbonyl (C=O) groups excluding carboxylic acids is 1. The fraction of sp³-hybridized carbons (Fsp3) is 0.292. The van der Waals surface area contributed by atoms with Gasteiger partial charge in [0.2, 0.25) is 15.9 Å². The van der Waals surface area contributed by atoms with Crippen LogP contribution in [-0.4, -0.2) is 50.2 Å². The van der Waals surface area contributed by atoms with Crippen molar-refractivity contribution in [3.8, 4) is 0 Å². The molecular formula is C24H26ClN3O3S. The van der Waals surface area contributed by atoms with E-state index in [1.807, 2.05) is 24.1 Å². The maximum Gasteiger partial charge on any atom is 0.243 e. The van der Waals surface area contributed by atoms with Crippen LogP contribution < -0.4 is 5.32 Å². The molecule has 0 radical (unpaired) electrons. The van der Waals surface area contributed by atoms with Gasteiger partial charge >= 0.3 is 0 Å². The molecule has 32 heavy (non-hydrogen) atoms. The van der Waals surface area contributed by atoms with Crippen molar-refractivity contribution in [3.05, 3.63) is 71.2 Å². The molecule has 1 aliphatic heterocycles. The summed E-state index contributed by atoms with van der Waals surface area (Å²) in [4.78, 5) is 14.7. The minimum atomic E-state index is -3.58. The van der Waals surface area contributed by atoms with E-state index in [1.54, 1.807) is 0 Å². The van der Waals surface area contributed by atoms with Crippen molar-refractivity contribution in [3.63, 3.8) is 0 Å². The number of anilines is 1. The van der Waals surface area contributed by atoms with Crippen molar-refractivity contribution in [1.82, 2.24) is 9.21 Å². The fourth-order valence-corrected chi connectivity index (χ4v) is 5.69. The standard InChI is InChI=1S/C24H26ClN3O3S/c1-27(16-18-8-9-19-6-2-3-7-20(19)14-18)17-24(29)26-23-15-21(10-11-22(23)25)32(30,31)28-12-4-5-13-28/h2-3,6-11,14-15H,4-5,12-13,16-17H2,1H3,(H,26,29). The van der Waals surface area contributed by atoms with Gasteiger partial charge in [-0.25, -0.2) is 8.42 Å². The number of benzene rings is 3. The molecule has 1 N–H and O–H groups in total. The largest absolute Gasteiger partial charge is 0.324 e. The molecule has 0 unspecified atom stereocenters. The Bertz CT molecular complexity index is 1240. The third-order valence-corrected chi connectivity index (χ3v) is 7.82. The van der Waals surface area contributed by atoms with E-state index in [1.165, 1.54) is 27.9 Å². The SMILES string of the molecule is CN(CC(=O)Nc1cc(S(=O)(=O)N2CCCC2)ccc1Cl)Cc1ccc2ccccc2c1. The summed E-state index contributed by atoms with van der Waals surface area (Å²) in [5.41, 5.74) is 1.41. The molecule has 0 spiro atoms. The zero-order chi connectivity index (χ0) is 22.7. The van der Waals surface area contributed by atoms with Crippen molar-refractivity contribution < 1.29 is 13.2 Å². The molecule has 8 heteroatoms. The molecule has 168 valence electrons. The van der Waals surface area contributed by atoms with Crippen LogP contribution in [0.2, 0.25) is 5.02 Å². The van der Waals surface area contributed by atoms with Gasteiger partial charge in [-0.3, -0.25) is 9.69 Å². The second-order valence-corrected chi connectivity index (χ2v) is 10.5. The average Bonchev–Trinajstić information content (AvgIpc) is 3.31. The predicted octanol–water partition coefficient (Wildman–Crippen LogP) is 4.35. The molecule has 0 saturated carbocycles. The number of hydrogen-bond donors (Lipinski definition) is 1. The Kier molecular flexibility index (Phi) is 6.81. The highest BCUT2D eigenvalue weighted by molar-refractivity contribution is 7.89. The second-order valence-electron chi connectivity index (χ2n) is 8.15. The minimum absolute atomic E-state index is 0.142. The number of carbonyl (C=O) groups is 1. The Morgan fingerprint density at radius 1 is 1.03 bits per heavy atom. The number of nitrogens with zero attached hydrogens (tertiary/aromatic N) is 2. The molecular weight excluding hydrogens is 446 g/mol. The molecule has 1 heterocycles. The first-order chi connectivity index (χ1) is 15.3. The normalized spacial score (nSPS) is 14.8. The summed E-state index contributed by atoms with van der Waals surface area (Å²) < 4.78 is 27.1. The number of sulfonamides is 1. The Morgan fingerprint density at radius 2 is 1.75 bits per heavy atom. The van der Waals surface area contributed by atoms with Gasteiger partial charge in [-0.05, 0) is 60.5 Å². The summed E-state index contributed by atoms with van der Waals surface area (Å²) in [7, 11) is -1.72. The van der Waals surface area contributed by atoms with Gasteiger partial charge in [0.1, 0.15) is 0 Å². The maximum absolute atomic E-state index is 12.8. The first-order valence-electron chi connectivity index (χ1n) is 10.6. The maximum atomic E-state index is 12.8. The van der Waals surface area contributed by atoms with Crippen molar-refractivity contribution in [2.75, 3.05) is 32.0 Å². The summed E-state index contributed by atoms with van der Waals surface area (Å²) >= 11 is 6.24.